The number of Topliss-reactive ketones (excluding diaryl/α,β-unsaturated/α-hetero) is 1. The highest BCUT2D eigenvalue weighted by Gasteiger charge is 2.62. The summed E-state index contributed by atoms with van der Waals surface area (Å²) >= 11 is 0. The highest BCUT2D eigenvalue weighted by molar-refractivity contribution is 5.91. The lowest BCUT2D eigenvalue weighted by Crippen LogP contribution is -2.54. The van der Waals surface area contributed by atoms with Gasteiger partial charge in [-0.15, -0.1) is 0 Å². The summed E-state index contributed by atoms with van der Waals surface area (Å²) < 4.78 is 0. The van der Waals surface area contributed by atoms with Crippen molar-refractivity contribution >= 4 is 5.78 Å². The zero-order valence-electron chi connectivity index (χ0n) is 13.9. The van der Waals surface area contributed by atoms with Gasteiger partial charge in [0.05, 0.1) is 6.10 Å². The molecule has 0 radical (unpaired) electrons. The third kappa shape index (κ3) is 1.84. The van der Waals surface area contributed by atoms with Crippen molar-refractivity contribution in [3.05, 3.63) is 0 Å². The Balaban J connectivity index is 1.64. The van der Waals surface area contributed by atoms with Gasteiger partial charge in [0.25, 0.3) is 0 Å². The maximum absolute atomic E-state index is 12.5. The first-order valence-electron chi connectivity index (χ1n) is 9.26. The van der Waals surface area contributed by atoms with Crippen LogP contribution in [-0.2, 0) is 4.79 Å². The average Bonchev–Trinajstić information content (AvgIpc) is 2.72. The van der Waals surface area contributed by atoms with E-state index in [0.29, 0.717) is 35.5 Å². The molecule has 4 aliphatic carbocycles. The van der Waals surface area contributed by atoms with Crippen molar-refractivity contribution in [2.45, 2.75) is 77.4 Å². The number of fused-ring (bicyclic) bond motifs is 5. The number of hydrogen-bond acceptors (Lipinski definition) is 3. The molecule has 22 heavy (non-hydrogen) atoms. The molecule has 0 aliphatic heterocycles. The van der Waals surface area contributed by atoms with Crippen molar-refractivity contribution in [3.8, 4) is 0 Å². The fourth-order valence-corrected chi connectivity index (χ4v) is 7.02. The molecule has 8 atom stereocenters. The van der Waals surface area contributed by atoms with Crippen molar-refractivity contribution in [3.63, 3.8) is 0 Å². The lowest BCUT2D eigenvalue weighted by atomic mass is 9.45. The number of hydrogen-bond donors (Lipinski definition) is 2. The molecule has 3 nitrogen and oxygen atoms in total. The van der Waals surface area contributed by atoms with Gasteiger partial charge in [0.2, 0.25) is 0 Å². The Kier molecular flexibility index (Phi) is 3.30. The lowest BCUT2D eigenvalue weighted by molar-refractivity contribution is -0.144. The van der Waals surface area contributed by atoms with Crippen molar-refractivity contribution in [1.82, 2.24) is 0 Å². The number of carbonyl (C=O) groups excluding carboxylic acids is 1. The predicted octanol–water partition coefficient (Wildman–Crippen LogP) is 2.93. The van der Waals surface area contributed by atoms with E-state index in [1.54, 1.807) is 0 Å². The second-order valence-electron chi connectivity index (χ2n) is 9.16. The third-order valence-corrected chi connectivity index (χ3v) is 8.37. The van der Waals surface area contributed by atoms with Crippen molar-refractivity contribution in [2.75, 3.05) is 0 Å². The Morgan fingerprint density at radius 2 is 1.73 bits per heavy atom. The Bertz CT molecular complexity index is 489. The van der Waals surface area contributed by atoms with Gasteiger partial charge in [-0.3, -0.25) is 4.79 Å². The molecular weight excluding hydrogens is 276 g/mol. The van der Waals surface area contributed by atoms with Gasteiger partial charge in [0, 0.05) is 5.41 Å². The Morgan fingerprint density at radius 1 is 0.955 bits per heavy atom. The normalized spacial score (nSPS) is 57.9. The van der Waals surface area contributed by atoms with Gasteiger partial charge < -0.3 is 10.2 Å². The summed E-state index contributed by atoms with van der Waals surface area (Å²) in [6.45, 7) is 4.57. The van der Waals surface area contributed by atoms with Crippen molar-refractivity contribution in [2.24, 2.45) is 34.5 Å². The van der Waals surface area contributed by atoms with Crippen LogP contribution in [0.5, 0.6) is 0 Å². The molecular formula is C19H30O3. The summed E-state index contributed by atoms with van der Waals surface area (Å²) in [4.78, 5) is 12.5. The number of aliphatic hydroxyl groups is 2. The lowest BCUT2D eigenvalue weighted by Gasteiger charge is -2.59. The molecule has 0 aromatic heterocycles. The van der Waals surface area contributed by atoms with Crippen LogP contribution in [0.1, 0.15) is 65.2 Å². The van der Waals surface area contributed by atoms with E-state index in [9.17, 15) is 15.0 Å². The smallest absolute Gasteiger partial charge is 0.167 e. The maximum atomic E-state index is 12.5. The van der Waals surface area contributed by atoms with Gasteiger partial charge in [-0.2, -0.15) is 0 Å². The molecule has 4 saturated carbocycles. The van der Waals surface area contributed by atoms with Gasteiger partial charge in [0.15, 0.2) is 5.78 Å². The van der Waals surface area contributed by atoms with Crippen molar-refractivity contribution in [1.29, 1.82) is 0 Å². The van der Waals surface area contributed by atoms with Crippen LogP contribution in [-0.4, -0.2) is 28.2 Å². The van der Waals surface area contributed by atoms with Crippen LogP contribution in [0.2, 0.25) is 0 Å². The molecule has 3 heteroatoms. The van der Waals surface area contributed by atoms with E-state index in [2.05, 4.69) is 13.8 Å². The molecule has 4 fully saturated rings. The number of aliphatic hydroxyl groups excluding tert-OH is 2. The summed E-state index contributed by atoms with van der Waals surface area (Å²) in [5.74, 6) is 2.45. The van der Waals surface area contributed by atoms with E-state index < -0.39 is 6.10 Å². The monoisotopic (exact) mass is 306 g/mol. The molecule has 0 amide bonds. The molecule has 0 spiro atoms. The first kappa shape index (κ1) is 15.1. The fourth-order valence-electron chi connectivity index (χ4n) is 7.02. The Morgan fingerprint density at radius 3 is 2.50 bits per heavy atom. The van der Waals surface area contributed by atoms with E-state index in [1.807, 2.05) is 0 Å². The highest BCUT2D eigenvalue weighted by Crippen LogP contribution is 2.65. The number of carbonyl (C=O) groups is 1. The zero-order valence-corrected chi connectivity index (χ0v) is 13.9. The van der Waals surface area contributed by atoms with Gasteiger partial charge in [-0.1, -0.05) is 13.8 Å². The van der Waals surface area contributed by atoms with E-state index >= 15 is 0 Å². The molecule has 0 heterocycles. The zero-order chi connectivity index (χ0) is 15.7. The second-order valence-corrected chi connectivity index (χ2v) is 9.16. The summed E-state index contributed by atoms with van der Waals surface area (Å²) in [5, 5.41) is 20.2. The van der Waals surface area contributed by atoms with Crippen LogP contribution in [0.25, 0.3) is 0 Å². The van der Waals surface area contributed by atoms with E-state index in [4.69, 9.17) is 0 Å². The largest absolute Gasteiger partial charge is 0.393 e. The molecule has 0 aromatic carbocycles. The molecule has 0 saturated heterocycles. The molecule has 0 bridgehead atoms. The summed E-state index contributed by atoms with van der Waals surface area (Å²) in [6, 6.07) is 0. The van der Waals surface area contributed by atoms with Gasteiger partial charge in [0.1, 0.15) is 6.10 Å². The van der Waals surface area contributed by atoms with Crippen LogP contribution in [0.15, 0.2) is 0 Å². The summed E-state index contributed by atoms with van der Waals surface area (Å²) in [5.41, 5.74) is 0.0814. The first-order chi connectivity index (χ1) is 10.4. The molecule has 4 aliphatic rings. The minimum atomic E-state index is -0.715. The first-order valence-corrected chi connectivity index (χ1v) is 9.26. The average molecular weight is 306 g/mol. The molecule has 124 valence electrons. The number of rotatable bonds is 0. The molecule has 4 rings (SSSR count). The van der Waals surface area contributed by atoms with E-state index in [0.717, 1.165) is 32.1 Å². The Labute approximate surface area is 133 Å². The standard InChI is InChI=1S/C19H30O3/c1-18-7-5-12(20)9-11(18)3-4-13-14(18)6-8-19(2)15(13)10-16(21)17(19)22/h11-16,20-21H,3-10H2,1-2H3/t11?,12?,13-,14-,15+,16?,18+,19+/m1/s1. The maximum Gasteiger partial charge on any atom is 0.167 e. The third-order valence-electron chi connectivity index (χ3n) is 8.37. The van der Waals surface area contributed by atoms with Crippen molar-refractivity contribution < 1.29 is 15.0 Å². The van der Waals surface area contributed by atoms with Gasteiger partial charge in [-0.25, -0.2) is 0 Å². The fraction of sp³-hybridized carbons (Fsp3) is 0.947. The van der Waals surface area contributed by atoms with Gasteiger partial charge >= 0.3 is 0 Å². The van der Waals surface area contributed by atoms with Crippen LogP contribution < -0.4 is 0 Å². The highest BCUT2D eigenvalue weighted by atomic mass is 16.3. The summed E-state index contributed by atoms with van der Waals surface area (Å²) in [7, 11) is 0. The summed E-state index contributed by atoms with van der Waals surface area (Å²) in [6.07, 6.45) is 7.43. The molecule has 3 unspecified atom stereocenters. The van der Waals surface area contributed by atoms with Crippen LogP contribution in [0.3, 0.4) is 0 Å². The SMILES string of the molecule is C[C@]12CCC(O)CC1CC[C@@H]1[C@H]2CC[C@]2(C)C(=O)C(O)C[C@@H]12. The Hall–Kier alpha value is -0.410. The minimum absolute atomic E-state index is 0.0987. The van der Waals surface area contributed by atoms with E-state index in [-0.39, 0.29) is 17.3 Å². The van der Waals surface area contributed by atoms with Gasteiger partial charge in [-0.05, 0) is 80.5 Å². The molecule has 2 N–H and O–H groups in total. The topological polar surface area (TPSA) is 57.5 Å². The number of ketones is 1. The van der Waals surface area contributed by atoms with E-state index in [1.165, 1.54) is 12.8 Å². The molecule has 0 aromatic rings. The quantitative estimate of drug-likeness (QED) is 0.723. The predicted molar refractivity (Wildman–Crippen MR) is 84.1 cm³/mol. The van der Waals surface area contributed by atoms with Crippen LogP contribution in [0.4, 0.5) is 0 Å². The van der Waals surface area contributed by atoms with Crippen LogP contribution in [0, 0.1) is 34.5 Å². The second kappa shape index (κ2) is 4.80. The minimum Gasteiger partial charge on any atom is -0.393 e. The van der Waals surface area contributed by atoms with Crippen LogP contribution >= 0.6 is 0 Å².